The average molecular weight is 491 g/mol. The number of nitrogens with one attached hydrogen (secondary N) is 1. The van der Waals surface area contributed by atoms with Crippen molar-refractivity contribution in [2.45, 2.75) is 45.8 Å². The molecule has 0 saturated carbocycles. The third-order valence-corrected chi connectivity index (χ3v) is 6.01. The Morgan fingerprint density at radius 3 is 2.39 bits per heavy atom. The lowest BCUT2D eigenvalue weighted by atomic mass is 10.1. The van der Waals surface area contributed by atoms with Crippen LogP contribution in [0, 0.1) is 0 Å². The van der Waals surface area contributed by atoms with Gasteiger partial charge in [0.15, 0.2) is 11.5 Å². The molecule has 0 atom stereocenters. The monoisotopic (exact) mass is 490 g/mol. The Bertz CT molecular complexity index is 1300. The van der Waals surface area contributed by atoms with Crippen LogP contribution in [-0.2, 0) is 19.6 Å². The lowest BCUT2D eigenvalue weighted by molar-refractivity contribution is 0.212. The standard InChI is InChI=1S/C27H34N6O3/c1-2-3-16-36-26-30-24(28)23-25(31-26)33(27(35)29-23)19-22-12-10-21(11-13-22)18-32(14-7-15-34)17-20-8-5-4-6-9-20/h4-6,8-13,34H,2-3,7,14-19H2,1H3,(H,29,35)(H2,28,30,31). The predicted molar refractivity (Wildman–Crippen MR) is 141 cm³/mol. The minimum absolute atomic E-state index is 0.170. The van der Waals surface area contributed by atoms with Gasteiger partial charge in [-0.1, -0.05) is 67.9 Å². The molecule has 0 saturated heterocycles. The average Bonchev–Trinajstić information content (AvgIpc) is 3.20. The SMILES string of the molecule is CCCCOc1nc(N)c2[nH]c(=O)n(Cc3ccc(CN(CCCO)Cc4ccccc4)cc3)c2n1. The number of unbranched alkanes of at least 4 members (excludes halogenated alkanes) is 1. The highest BCUT2D eigenvalue weighted by Gasteiger charge is 2.15. The van der Waals surface area contributed by atoms with E-state index in [4.69, 9.17) is 10.5 Å². The highest BCUT2D eigenvalue weighted by molar-refractivity contribution is 5.81. The maximum atomic E-state index is 12.7. The summed E-state index contributed by atoms with van der Waals surface area (Å²) in [4.78, 5) is 26.4. The molecule has 4 aromatic rings. The van der Waals surface area contributed by atoms with Crippen molar-refractivity contribution >= 4 is 17.0 Å². The summed E-state index contributed by atoms with van der Waals surface area (Å²) >= 11 is 0. The number of nitrogen functional groups attached to an aromatic ring is 1. The fourth-order valence-corrected chi connectivity index (χ4v) is 4.09. The predicted octanol–water partition coefficient (Wildman–Crippen LogP) is 3.31. The molecule has 0 fully saturated rings. The second-order valence-electron chi connectivity index (χ2n) is 8.90. The summed E-state index contributed by atoms with van der Waals surface area (Å²) in [5.41, 5.74) is 9.99. The normalized spacial score (nSPS) is 11.4. The number of nitrogens with two attached hydrogens (primary N) is 1. The van der Waals surface area contributed by atoms with Crippen LogP contribution in [0.3, 0.4) is 0 Å². The van der Waals surface area contributed by atoms with E-state index in [9.17, 15) is 9.90 Å². The number of fused-ring (bicyclic) bond motifs is 1. The van der Waals surface area contributed by atoms with Crippen LogP contribution in [0.4, 0.5) is 5.82 Å². The molecule has 0 aliphatic heterocycles. The molecule has 0 unspecified atom stereocenters. The second kappa shape index (κ2) is 12.3. The molecule has 2 aromatic carbocycles. The number of H-pyrrole nitrogens is 1. The van der Waals surface area contributed by atoms with Gasteiger partial charge in [-0.05, 0) is 29.5 Å². The molecule has 9 nitrogen and oxygen atoms in total. The molecule has 36 heavy (non-hydrogen) atoms. The van der Waals surface area contributed by atoms with Gasteiger partial charge in [-0.3, -0.25) is 9.47 Å². The lowest BCUT2D eigenvalue weighted by Crippen LogP contribution is -2.24. The molecule has 0 amide bonds. The first kappa shape index (κ1) is 25.4. The summed E-state index contributed by atoms with van der Waals surface area (Å²) in [5.74, 6) is 0.194. The minimum Gasteiger partial charge on any atom is -0.463 e. The number of hydrogen-bond donors (Lipinski definition) is 3. The Morgan fingerprint density at radius 2 is 1.69 bits per heavy atom. The van der Waals surface area contributed by atoms with E-state index in [2.05, 4.69) is 51.0 Å². The molecule has 0 spiro atoms. The van der Waals surface area contributed by atoms with E-state index in [1.165, 1.54) is 5.56 Å². The number of rotatable bonds is 13. The van der Waals surface area contributed by atoms with Crippen LogP contribution in [-0.4, -0.2) is 49.3 Å². The number of imidazole rings is 1. The van der Waals surface area contributed by atoms with E-state index in [0.29, 0.717) is 24.3 Å². The third-order valence-electron chi connectivity index (χ3n) is 6.01. The highest BCUT2D eigenvalue weighted by atomic mass is 16.5. The summed E-state index contributed by atoms with van der Waals surface area (Å²) in [7, 11) is 0. The molecule has 0 radical (unpaired) electrons. The van der Waals surface area contributed by atoms with Crippen LogP contribution in [0.2, 0.25) is 0 Å². The number of anilines is 1. The smallest absolute Gasteiger partial charge is 0.328 e. The summed E-state index contributed by atoms with van der Waals surface area (Å²) in [6.45, 7) is 5.48. The molecular weight excluding hydrogens is 456 g/mol. The van der Waals surface area contributed by atoms with Gasteiger partial charge < -0.3 is 20.6 Å². The number of hydrogen-bond acceptors (Lipinski definition) is 7. The van der Waals surface area contributed by atoms with Gasteiger partial charge in [0, 0.05) is 26.2 Å². The van der Waals surface area contributed by atoms with Gasteiger partial charge >= 0.3 is 11.7 Å². The van der Waals surface area contributed by atoms with E-state index < -0.39 is 0 Å². The van der Waals surface area contributed by atoms with Gasteiger partial charge in [-0.2, -0.15) is 9.97 Å². The molecule has 4 rings (SSSR count). The molecule has 4 N–H and O–H groups in total. The molecule has 2 aromatic heterocycles. The number of ether oxygens (including phenoxy) is 1. The first-order valence-electron chi connectivity index (χ1n) is 12.4. The van der Waals surface area contributed by atoms with Crippen molar-refractivity contribution in [3.63, 3.8) is 0 Å². The highest BCUT2D eigenvalue weighted by Crippen LogP contribution is 2.19. The van der Waals surface area contributed by atoms with Crippen LogP contribution < -0.4 is 16.2 Å². The van der Waals surface area contributed by atoms with Crippen molar-refractivity contribution < 1.29 is 9.84 Å². The summed E-state index contributed by atoms with van der Waals surface area (Å²) in [6.07, 6.45) is 2.61. The first-order valence-corrected chi connectivity index (χ1v) is 12.4. The van der Waals surface area contributed by atoms with Crippen molar-refractivity contribution in [3.8, 4) is 6.01 Å². The van der Waals surface area contributed by atoms with Crippen molar-refractivity contribution in [2.75, 3.05) is 25.5 Å². The minimum atomic E-state index is -0.293. The van der Waals surface area contributed by atoms with E-state index in [1.807, 2.05) is 30.3 Å². The lowest BCUT2D eigenvalue weighted by Gasteiger charge is -2.22. The van der Waals surface area contributed by atoms with Crippen molar-refractivity contribution in [1.29, 1.82) is 0 Å². The molecule has 9 heteroatoms. The molecule has 0 aliphatic carbocycles. The van der Waals surface area contributed by atoms with E-state index in [-0.39, 0.29) is 24.1 Å². The van der Waals surface area contributed by atoms with Gasteiger partial charge in [0.2, 0.25) is 0 Å². The number of aromatic amines is 1. The van der Waals surface area contributed by atoms with Crippen molar-refractivity contribution in [1.82, 2.24) is 24.4 Å². The van der Waals surface area contributed by atoms with Crippen LogP contribution in [0.15, 0.2) is 59.4 Å². The van der Waals surface area contributed by atoms with Gasteiger partial charge in [0.05, 0.1) is 13.2 Å². The zero-order valence-corrected chi connectivity index (χ0v) is 20.7. The fourth-order valence-electron chi connectivity index (χ4n) is 4.09. The number of nitrogens with zero attached hydrogens (tertiary/aromatic N) is 4. The molecule has 0 aliphatic rings. The van der Waals surface area contributed by atoms with E-state index >= 15 is 0 Å². The summed E-state index contributed by atoms with van der Waals surface area (Å²) < 4.78 is 7.17. The second-order valence-corrected chi connectivity index (χ2v) is 8.90. The summed E-state index contributed by atoms with van der Waals surface area (Å²) in [5, 5.41) is 9.31. The summed E-state index contributed by atoms with van der Waals surface area (Å²) in [6, 6.07) is 18.7. The molecule has 0 bridgehead atoms. The van der Waals surface area contributed by atoms with E-state index in [1.54, 1.807) is 4.57 Å². The Balaban J connectivity index is 1.49. The Morgan fingerprint density at radius 1 is 1.00 bits per heavy atom. The Kier molecular flexibility index (Phi) is 8.70. The number of benzene rings is 2. The zero-order chi connectivity index (χ0) is 25.3. The maximum Gasteiger partial charge on any atom is 0.328 e. The fraction of sp³-hybridized carbons (Fsp3) is 0.370. The van der Waals surface area contributed by atoms with E-state index in [0.717, 1.165) is 50.0 Å². The van der Waals surface area contributed by atoms with Gasteiger partial charge in [-0.15, -0.1) is 0 Å². The van der Waals surface area contributed by atoms with Gasteiger partial charge in [-0.25, -0.2) is 4.79 Å². The topological polar surface area (TPSA) is 122 Å². The van der Waals surface area contributed by atoms with Crippen LogP contribution in [0.5, 0.6) is 6.01 Å². The molecular formula is C27H34N6O3. The zero-order valence-electron chi connectivity index (χ0n) is 20.7. The Hall–Kier alpha value is -3.69. The number of aliphatic hydroxyl groups excluding tert-OH is 1. The van der Waals surface area contributed by atoms with Crippen molar-refractivity contribution in [2.24, 2.45) is 0 Å². The van der Waals surface area contributed by atoms with Crippen molar-refractivity contribution in [3.05, 3.63) is 81.8 Å². The van der Waals surface area contributed by atoms with Gasteiger partial charge in [0.25, 0.3) is 0 Å². The van der Waals surface area contributed by atoms with Crippen LogP contribution in [0.25, 0.3) is 11.2 Å². The number of aromatic nitrogens is 4. The number of aliphatic hydroxyl groups is 1. The maximum absolute atomic E-state index is 12.7. The molecule has 190 valence electrons. The third kappa shape index (κ3) is 6.50. The van der Waals surface area contributed by atoms with Crippen LogP contribution >= 0.6 is 0 Å². The largest absolute Gasteiger partial charge is 0.463 e. The first-order chi connectivity index (χ1) is 17.6. The quantitative estimate of drug-likeness (QED) is 0.246. The van der Waals surface area contributed by atoms with Gasteiger partial charge in [0.1, 0.15) is 5.52 Å². The van der Waals surface area contributed by atoms with Crippen LogP contribution in [0.1, 0.15) is 42.9 Å². The Labute approximate surface area is 210 Å². The molecule has 2 heterocycles.